The molecule has 2 heterocycles. The molecule has 1 unspecified atom stereocenters. The molecule has 0 amide bonds. The Bertz CT molecular complexity index is 1160. The fraction of sp³-hybridized carbons (Fsp3) is 0.385. The first-order chi connectivity index (χ1) is 16.9. The SMILES string of the molecule is C=C1Cc2c([nH]c3ccccc23)[C@@H](c2c(F)cc(OCCNCCCF)cc2F)N1CC(F)CF. The summed E-state index contributed by atoms with van der Waals surface area (Å²) in [5.74, 6) is -1.73. The van der Waals surface area contributed by atoms with Crippen molar-refractivity contribution in [2.45, 2.75) is 25.1 Å². The van der Waals surface area contributed by atoms with Gasteiger partial charge in [0.2, 0.25) is 0 Å². The number of hydrogen-bond acceptors (Lipinski definition) is 3. The number of aromatic nitrogens is 1. The van der Waals surface area contributed by atoms with Crippen LogP contribution in [-0.2, 0) is 6.42 Å². The van der Waals surface area contributed by atoms with E-state index in [-0.39, 0.29) is 17.9 Å². The van der Waals surface area contributed by atoms with E-state index in [0.29, 0.717) is 37.3 Å². The van der Waals surface area contributed by atoms with Crippen molar-refractivity contribution in [1.82, 2.24) is 15.2 Å². The minimum atomic E-state index is -1.83. The smallest absolute Gasteiger partial charge is 0.146 e. The number of fused-ring (bicyclic) bond motifs is 3. The summed E-state index contributed by atoms with van der Waals surface area (Å²) in [6, 6.07) is 8.56. The standard InChI is InChI=1S/C26H28F5N3O/c1-16-11-20-19-5-2-3-6-23(19)33-25(20)26(34(16)15-17(29)14-28)24-21(30)12-18(13-22(24)31)35-10-9-32-8-4-7-27/h2-3,5-6,12-13,17,26,32-33H,1,4,7-11,14-15H2/t17?,26-/m1/s1. The van der Waals surface area contributed by atoms with Gasteiger partial charge in [-0.25, -0.2) is 17.6 Å². The first kappa shape index (κ1) is 25.0. The number of alkyl halides is 3. The van der Waals surface area contributed by atoms with E-state index >= 15 is 8.78 Å². The fourth-order valence-corrected chi connectivity index (χ4v) is 4.55. The first-order valence-electron chi connectivity index (χ1n) is 11.6. The number of ether oxygens (including phenoxy) is 1. The number of rotatable bonds is 11. The van der Waals surface area contributed by atoms with E-state index in [1.54, 1.807) is 0 Å². The van der Waals surface area contributed by atoms with Gasteiger partial charge < -0.3 is 19.9 Å². The van der Waals surface area contributed by atoms with Crippen LogP contribution >= 0.6 is 0 Å². The average Bonchev–Trinajstić information content (AvgIpc) is 3.20. The molecule has 0 radical (unpaired) electrons. The number of H-pyrrole nitrogens is 1. The third kappa shape index (κ3) is 5.29. The van der Waals surface area contributed by atoms with E-state index in [4.69, 9.17) is 4.74 Å². The van der Waals surface area contributed by atoms with E-state index in [1.807, 2.05) is 24.3 Å². The molecule has 1 aliphatic rings. The van der Waals surface area contributed by atoms with E-state index in [0.717, 1.165) is 28.6 Å². The van der Waals surface area contributed by atoms with E-state index < -0.39 is 43.7 Å². The fourth-order valence-electron chi connectivity index (χ4n) is 4.55. The van der Waals surface area contributed by atoms with Gasteiger partial charge in [0, 0.05) is 47.4 Å². The molecule has 0 saturated heterocycles. The van der Waals surface area contributed by atoms with Gasteiger partial charge in [0.05, 0.1) is 18.8 Å². The molecule has 9 heteroatoms. The van der Waals surface area contributed by atoms with E-state index in [1.165, 1.54) is 4.90 Å². The van der Waals surface area contributed by atoms with Gasteiger partial charge in [0.15, 0.2) is 0 Å². The Morgan fingerprint density at radius 2 is 1.89 bits per heavy atom. The molecule has 0 bridgehead atoms. The topological polar surface area (TPSA) is 40.3 Å². The molecule has 1 aromatic heterocycles. The van der Waals surface area contributed by atoms with Crippen molar-refractivity contribution < 1.29 is 26.7 Å². The van der Waals surface area contributed by atoms with Crippen LogP contribution in [0.25, 0.3) is 10.9 Å². The van der Waals surface area contributed by atoms with Gasteiger partial charge >= 0.3 is 0 Å². The van der Waals surface area contributed by atoms with Crippen LogP contribution in [0.15, 0.2) is 48.7 Å². The number of benzene rings is 2. The second-order valence-electron chi connectivity index (χ2n) is 8.55. The summed E-state index contributed by atoms with van der Waals surface area (Å²) in [6.07, 6.45) is -1.12. The second-order valence-corrected chi connectivity index (χ2v) is 8.55. The molecule has 35 heavy (non-hydrogen) atoms. The van der Waals surface area contributed by atoms with Crippen LogP contribution in [-0.4, -0.2) is 55.6 Å². The maximum absolute atomic E-state index is 15.4. The molecule has 1 aliphatic heterocycles. The predicted octanol–water partition coefficient (Wildman–Crippen LogP) is 5.54. The van der Waals surface area contributed by atoms with Gasteiger partial charge in [-0.3, -0.25) is 4.39 Å². The highest BCUT2D eigenvalue weighted by molar-refractivity contribution is 5.85. The van der Waals surface area contributed by atoms with Crippen molar-refractivity contribution in [1.29, 1.82) is 0 Å². The Hall–Kier alpha value is -3.07. The minimum Gasteiger partial charge on any atom is -0.492 e. The van der Waals surface area contributed by atoms with Crippen LogP contribution in [0.4, 0.5) is 22.0 Å². The number of nitrogens with zero attached hydrogens (tertiary/aromatic N) is 1. The predicted molar refractivity (Wildman–Crippen MR) is 126 cm³/mol. The normalized spacial score (nSPS) is 16.5. The summed E-state index contributed by atoms with van der Waals surface area (Å²) >= 11 is 0. The third-order valence-corrected chi connectivity index (χ3v) is 6.14. The average molecular weight is 494 g/mol. The highest BCUT2D eigenvalue weighted by atomic mass is 19.2. The zero-order valence-electron chi connectivity index (χ0n) is 19.2. The minimum absolute atomic E-state index is 0.00113. The highest BCUT2D eigenvalue weighted by Gasteiger charge is 2.37. The van der Waals surface area contributed by atoms with Gasteiger partial charge in [-0.1, -0.05) is 24.8 Å². The van der Waals surface area contributed by atoms with Crippen molar-refractivity contribution >= 4 is 10.9 Å². The lowest BCUT2D eigenvalue weighted by Gasteiger charge is -2.40. The molecule has 2 atom stereocenters. The summed E-state index contributed by atoms with van der Waals surface area (Å²) in [4.78, 5) is 4.66. The molecule has 0 aliphatic carbocycles. The van der Waals surface area contributed by atoms with Crippen LogP contribution in [0.1, 0.15) is 29.3 Å². The Morgan fingerprint density at radius 1 is 1.14 bits per heavy atom. The van der Waals surface area contributed by atoms with Gasteiger partial charge in [0.1, 0.15) is 42.9 Å². The molecular weight excluding hydrogens is 465 g/mol. The molecule has 0 saturated carbocycles. The summed E-state index contributed by atoms with van der Waals surface area (Å²) in [7, 11) is 0. The zero-order valence-corrected chi connectivity index (χ0v) is 19.2. The molecular formula is C26H28F5N3O. The third-order valence-electron chi connectivity index (χ3n) is 6.14. The highest BCUT2D eigenvalue weighted by Crippen LogP contribution is 2.44. The van der Waals surface area contributed by atoms with Gasteiger partial charge in [-0.15, -0.1) is 0 Å². The number of allylic oxidation sites excluding steroid dienone is 1. The molecule has 3 aromatic rings. The Labute approximate surface area is 200 Å². The lowest BCUT2D eigenvalue weighted by atomic mass is 9.90. The van der Waals surface area contributed by atoms with E-state index in [2.05, 4.69) is 16.9 Å². The maximum atomic E-state index is 15.4. The number of aromatic amines is 1. The molecule has 0 spiro atoms. The van der Waals surface area contributed by atoms with E-state index in [9.17, 15) is 13.2 Å². The van der Waals surface area contributed by atoms with Crippen LogP contribution < -0.4 is 10.1 Å². The first-order valence-corrected chi connectivity index (χ1v) is 11.6. The summed E-state index contributed by atoms with van der Waals surface area (Å²) in [5, 5.41) is 3.85. The van der Waals surface area contributed by atoms with Gasteiger partial charge in [-0.2, -0.15) is 0 Å². The van der Waals surface area contributed by atoms with Gasteiger partial charge in [-0.05, 0) is 24.6 Å². The van der Waals surface area contributed by atoms with Crippen LogP contribution in [0, 0.1) is 11.6 Å². The van der Waals surface area contributed by atoms with Crippen molar-refractivity contribution in [3.05, 3.63) is 77.1 Å². The molecule has 4 nitrogen and oxygen atoms in total. The molecule has 2 N–H and O–H groups in total. The molecule has 2 aromatic carbocycles. The van der Waals surface area contributed by atoms with Crippen molar-refractivity contribution in [3.63, 3.8) is 0 Å². The summed E-state index contributed by atoms with van der Waals surface area (Å²) < 4.78 is 75.7. The lowest BCUT2D eigenvalue weighted by Crippen LogP contribution is -2.39. The van der Waals surface area contributed by atoms with Crippen LogP contribution in [0.5, 0.6) is 5.75 Å². The molecule has 0 fully saturated rings. The number of halogens is 5. The monoisotopic (exact) mass is 493 g/mol. The Morgan fingerprint density at radius 3 is 2.60 bits per heavy atom. The number of nitrogens with one attached hydrogen (secondary N) is 2. The largest absolute Gasteiger partial charge is 0.492 e. The molecule has 4 rings (SSSR count). The van der Waals surface area contributed by atoms with Crippen molar-refractivity contribution in [3.8, 4) is 5.75 Å². The number of para-hydroxylation sites is 1. The number of hydrogen-bond donors (Lipinski definition) is 2. The van der Waals surface area contributed by atoms with Crippen LogP contribution in [0.2, 0.25) is 0 Å². The Kier molecular flexibility index (Phi) is 7.95. The maximum Gasteiger partial charge on any atom is 0.146 e. The Balaban J connectivity index is 1.69. The molecule has 188 valence electrons. The zero-order chi connectivity index (χ0) is 24.9. The van der Waals surface area contributed by atoms with Crippen molar-refractivity contribution in [2.75, 3.05) is 39.6 Å². The summed E-state index contributed by atoms with van der Waals surface area (Å²) in [6.45, 7) is 2.99. The van der Waals surface area contributed by atoms with Crippen molar-refractivity contribution in [2.24, 2.45) is 0 Å². The lowest BCUT2D eigenvalue weighted by molar-refractivity contribution is 0.160. The van der Waals surface area contributed by atoms with Gasteiger partial charge in [0.25, 0.3) is 0 Å². The second kappa shape index (κ2) is 11.1. The van der Waals surface area contributed by atoms with Crippen LogP contribution in [0.3, 0.4) is 0 Å². The quantitative estimate of drug-likeness (QED) is 0.272. The summed E-state index contributed by atoms with van der Waals surface area (Å²) in [5.41, 5.74) is 2.27.